The molecule has 4 heteroatoms. The lowest BCUT2D eigenvalue weighted by Crippen LogP contribution is -2.12. The fraction of sp³-hybridized carbons (Fsp3) is 0.900. The summed E-state index contributed by atoms with van der Waals surface area (Å²) in [6, 6.07) is 0. The van der Waals surface area contributed by atoms with Crippen LogP contribution in [0.4, 0.5) is 0 Å². The van der Waals surface area contributed by atoms with Gasteiger partial charge in [0.2, 0.25) is 0 Å². The van der Waals surface area contributed by atoms with Gasteiger partial charge in [-0.05, 0) is 25.0 Å². The first-order chi connectivity index (χ1) is 6.83. The first kappa shape index (κ1) is 11.7. The monoisotopic (exact) mass is 216 g/mol. The largest absolute Gasteiger partial charge is 0.409 e. The van der Waals surface area contributed by atoms with Crippen LogP contribution in [0.15, 0.2) is 5.16 Å². The average molecular weight is 216 g/mol. The zero-order valence-corrected chi connectivity index (χ0v) is 9.43. The number of nitrogens with zero attached hydrogens (tertiary/aromatic N) is 1. The molecule has 0 atom stereocenters. The summed E-state index contributed by atoms with van der Waals surface area (Å²) in [6.45, 7) is 0. The predicted molar refractivity (Wildman–Crippen MR) is 62.0 cm³/mol. The summed E-state index contributed by atoms with van der Waals surface area (Å²) >= 11 is 2.06. The molecule has 82 valence electrons. The second-order valence-corrected chi connectivity index (χ2v) is 5.23. The molecule has 0 aromatic carbocycles. The van der Waals surface area contributed by atoms with Gasteiger partial charge in [0.1, 0.15) is 5.84 Å². The molecule has 0 amide bonds. The molecule has 1 fully saturated rings. The van der Waals surface area contributed by atoms with Gasteiger partial charge in [-0.1, -0.05) is 24.4 Å². The fourth-order valence-corrected chi connectivity index (χ4v) is 3.10. The smallest absolute Gasteiger partial charge is 0.139 e. The van der Waals surface area contributed by atoms with Crippen molar-refractivity contribution in [2.45, 2.75) is 50.2 Å². The highest BCUT2D eigenvalue weighted by Crippen LogP contribution is 2.28. The van der Waals surface area contributed by atoms with E-state index in [1.807, 2.05) is 0 Å². The van der Waals surface area contributed by atoms with Gasteiger partial charge in [-0.2, -0.15) is 11.8 Å². The number of hydrogen-bond acceptors (Lipinski definition) is 3. The molecule has 1 saturated carbocycles. The highest BCUT2D eigenvalue weighted by Gasteiger charge is 2.12. The summed E-state index contributed by atoms with van der Waals surface area (Å²) in [7, 11) is 0. The van der Waals surface area contributed by atoms with Gasteiger partial charge in [-0.25, -0.2) is 0 Å². The number of nitrogens with two attached hydrogens (primary N) is 1. The number of rotatable bonds is 5. The summed E-state index contributed by atoms with van der Waals surface area (Å²) in [4.78, 5) is 0. The normalized spacial score (nSPS) is 19.9. The van der Waals surface area contributed by atoms with Crippen LogP contribution in [0.5, 0.6) is 0 Å². The van der Waals surface area contributed by atoms with E-state index in [0.29, 0.717) is 5.84 Å². The molecule has 1 aliphatic rings. The van der Waals surface area contributed by atoms with Gasteiger partial charge in [0.25, 0.3) is 0 Å². The third-order valence-corrected chi connectivity index (χ3v) is 4.08. The fourth-order valence-electron chi connectivity index (χ4n) is 1.79. The molecule has 0 aliphatic heterocycles. The van der Waals surface area contributed by atoms with Gasteiger partial charge >= 0.3 is 0 Å². The Balaban J connectivity index is 1.97. The molecule has 0 radical (unpaired) electrons. The Morgan fingerprint density at radius 2 is 2.07 bits per heavy atom. The summed E-state index contributed by atoms with van der Waals surface area (Å²) < 4.78 is 0. The zero-order chi connectivity index (χ0) is 10.2. The van der Waals surface area contributed by atoms with Crippen LogP contribution in [0.2, 0.25) is 0 Å². The van der Waals surface area contributed by atoms with Crippen LogP contribution in [-0.2, 0) is 0 Å². The molecule has 14 heavy (non-hydrogen) atoms. The van der Waals surface area contributed by atoms with Crippen molar-refractivity contribution >= 4 is 17.6 Å². The number of hydrogen-bond donors (Lipinski definition) is 2. The van der Waals surface area contributed by atoms with Gasteiger partial charge in [0.15, 0.2) is 0 Å². The maximum Gasteiger partial charge on any atom is 0.139 e. The molecule has 0 unspecified atom stereocenters. The van der Waals surface area contributed by atoms with Crippen molar-refractivity contribution in [3.05, 3.63) is 0 Å². The number of oxime groups is 1. The summed E-state index contributed by atoms with van der Waals surface area (Å²) in [6.07, 6.45) is 8.73. The molecule has 1 rings (SSSR count). The number of amidine groups is 1. The zero-order valence-electron chi connectivity index (χ0n) is 8.61. The average Bonchev–Trinajstić information content (AvgIpc) is 2.25. The van der Waals surface area contributed by atoms with Crippen LogP contribution in [0.3, 0.4) is 0 Å². The van der Waals surface area contributed by atoms with E-state index in [9.17, 15) is 0 Å². The molecule has 3 N–H and O–H groups in total. The Labute approximate surface area is 90.1 Å². The van der Waals surface area contributed by atoms with E-state index in [2.05, 4.69) is 16.9 Å². The molecule has 0 saturated heterocycles. The van der Waals surface area contributed by atoms with Crippen molar-refractivity contribution in [1.29, 1.82) is 0 Å². The Morgan fingerprint density at radius 1 is 1.36 bits per heavy atom. The summed E-state index contributed by atoms with van der Waals surface area (Å²) in [5, 5.41) is 12.2. The molecule has 0 aromatic rings. The molecule has 0 heterocycles. The van der Waals surface area contributed by atoms with E-state index in [1.54, 1.807) is 0 Å². The van der Waals surface area contributed by atoms with Gasteiger partial charge < -0.3 is 10.9 Å². The highest BCUT2D eigenvalue weighted by molar-refractivity contribution is 7.99. The standard InChI is InChI=1S/C10H20N2OS/c11-10(12-13)7-4-8-14-9-5-2-1-3-6-9/h9,13H,1-8H2,(H2,11,12). The van der Waals surface area contributed by atoms with Gasteiger partial charge in [-0.15, -0.1) is 0 Å². The quantitative estimate of drug-likeness (QED) is 0.244. The molecule has 0 bridgehead atoms. The van der Waals surface area contributed by atoms with Gasteiger partial charge in [0, 0.05) is 11.7 Å². The lowest BCUT2D eigenvalue weighted by atomic mass is 10.0. The lowest BCUT2D eigenvalue weighted by Gasteiger charge is -2.20. The van der Waals surface area contributed by atoms with Crippen LogP contribution < -0.4 is 5.73 Å². The van der Waals surface area contributed by atoms with Crippen molar-refractivity contribution in [1.82, 2.24) is 0 Å². The summed E-state index contributed by atoms with van der Waals surface area (Å²) in [5.41, 5.74) is 5.38. The van der Waals surface area contributed by atoms with Crippen molar-refractivity contribution in [3.63, 3.8) is 0 Å². The predicted octanol–water partition coefficient (Wildman–Crippen LogP) is 2.58. The molecule has 3 nitrogen and oxygen atoms in total. The Kier molecular flexibility index (Phi) is 5.83. The van der Waals surface area contributed by atoms with Gasteiger partial charge in [0.05, 0.1) is 0 Å². The van der Waals surface area contributed by atoms with E-state index < -0.39 is 0 Å². The Morgan fingerprint density at radius 3 is 2.71 bits per heavy atom. The molecule has 0 aromatic heterocycles. The van der Waals surface area contributed by atoms with Crippen LogP contribution in [-0.4, -0.2) is 22.0 Å². The van der Waals surface area contributed by atoms with E-state index in [0.717, 1.165) is 23.8 Å². The van der Waals surface area contributed by atoms with E-state index >= 15 is 0 Å². The minimum atomic E-state index is 0.356. The molecule has 1 aliphatic carbocycles. The van der Waals surface area contributed by atoms with Crippen LogP contribution in [0.1, 0.15) is 44.9 Å². The number of thioether (sulfide) groups is 1. The van der Waals surface area contributed by atoms with E-state index in [-0.39, 0.29) is 0 Å². The third-order valence-electron chi connectivity index (χ3n) is 2.61. The molecular formula is C10H20N2OS. The molecule has 0 spiro atoms. The third kappa shape index (κ3) is 4.74. The van der Waals surface area contributed by atoms with Gasteiger partial charge in [-0.3, -0.25) is 0 Å². The molecular weight excluding hydrogens is 196 g/mol. The Bertz CT molecular complexity index is 179. The first-order valence-electron chi connectivity index (χ1n) is 5.41. The van der Waals surface area contributed by atoms with E-state index in [1.165, 1.54) is 32.1 Å². The maximum absolute atomic E-state index is 8.34. The topological polar surface area (TPSA) is 58.6 Å². The summed E-state index contributed by atoms with van der Waals surface area (Å²) in [5.74, 6) is 1.50. The highest BCUT2D eigenvalue weighted by atomic mass is 32.2. The minimum absolute atomic E-state index is 0.356. The van der Waals surface area contributed by atoms with Crippen molar-refractivity contribution in [2.75, 3.05) is 5.75 Å². The van der Waals surface area contributed by atoms with Crippen LogP contribution >= 0.6 is 11.8 Å². The Hall–Kier alpha value is -0.380. The lowest BCUT2D eigenvalue weighted by molar-refractivity contribution is 0.317. The second kappa shape index (κ2) is 6.98. The SMILES string of the molecule is N/C(CCCSC1CCCCC1)=N\O. The minimum Gasteiger partial charge on any atom is -0.409 e. The van der Waals surface area contributed by atoms with Crippen LogP contribution in [0, 0.1) is 0 Å². The van der Waals surface area contributed by atoms with Crippen molar-refractivity contribution < 1.29 is 5.21 Å². The van der Waals surface area contributed by atoms with Crippen molar-refractivity contribution in [2.24, 2.45) is 10.9 Å². The first-order valence-corrected chi connectivity index (χ1v) is 6.46. The van der Waals surface area contributed by atoms with E-state index in [4.69, 9.17) is 10.9 Å². The maximum atomic E-state index is 8.34. The van der Waals surface area contributed by atoms with Crippen LogP contribution in [0.25, 0.3) is 0 Å². The van der Waals surface area contributed by atoms with Crippen molar-refractivity contribution in [3.8, 4) is 0 Å². The second-order valence-electron chi connectivity index (χ2n) is 3.83.